The summed E-state index contributed by atoms with van der Waals surface area (Å²) in [7, 11) is -2.29. The van der Waals surface area contributed by atoms with Crippen molar-refractivity contribution in [2.75, 3.05) is 12.4 Å². The molecule has 2 heterocycles. The van der Waals surface area contributed by atoms with Gasteiger partial charge in [-0.25, -0.2) is 23.5 Å². The van der Waals surface area contributed by atoms with Gasteiger partial charge in [0, 0.05) is 5.38 Å². The monoisotopic (exact) mass is 396 g/mol. The number of sulfonamides is 1. The number of primary sulfonamides is 1. The van der Waals surface area contributed by atoms with Crippen LogP contribution >= 0.6 is 22.7 Å². The fourth-order valence-corrected chi connectivity index (χ4v) is 4.49. The Morgan fingerprint density at radius 2 is 2.00 bits per heavy atom. The largest absolute Gasteiger partial charge is 0.495 e. The zero-order valence-corrected chi connectivity index (χ0v) is 16.2. The maximum atomic E-state index is 11.6. The molecule has 3 rings (SSSR count). The van der Waals surface area contributed by atoms with Gasteiger partial charge in [0.25, 0.3) is 0 Å². The summed E-state index contributed by atoms with van der Waals surface area (Å²) in [5.41, 5.74) is 2.25. The van der Waals surface area contributed by atoms with Gasteiger partial charge < -0.3 is 10.1 Å². The highest BCUT2D eigenvalue weighted by Gasteiger charge is 2.15. The first-order valence-electron chi connectivity index (χ1n) is 7.15. The van der Waals surface area contributed by atoms with E-state index in [9.17, 15) is 8.42 Å². The third-order valence-corrected chi connectivity index (χ3v) is 6.15. The molecule has 2 aromatic heterocycles. The van der Waals surface area contributed by atoms with Crippen molar-refractivity contribution in [1.82, 2.24) is 9.97 Å². The first-order valence-corrected chi connectivity index (χ1v) is 10.4. The molecule has 1 aromatic carbocycles. The third kappa shape index (κ3) is 3.82. The minimum Gasteiger partial charge on any atom is -0.495 e. The summed E-state index contributed by atoms with van der Waals surface area (Å²) >= 11 is 3.00. The molecule has 25 heavy (non-hydrogen) atoms. The van der Waals surface area contributed by atoms with E-state index in [2.05, 4.69) is 15.3 Å². The van der Waals surface area contributed by atoms with Gasteiger partial charge in [-0.05, 0) is 32.0 Å². The molecule has 10 heteroatoms. The second kappa shape index (κ2) is 6.71. The Kier molecular flexibility index (Phi) is 4.78. The number of benzene rings is 1. The maximum absolute atomic E-state index is 11.6. The molecule has 0 amide bonds. The van der Waals surface area contributed by atoms with E-state index >= 15 is 0 Å². The molecule has 0 saturated carbocycles. The molecule has 0 aliphatic carbocycles. The number of nitrogens with one attached hydrogen (secondary N) is 1. The van der Waals surface area contributed by atoms with Gasteiger partial charge in [-0.3, -0.25) is 0 Å². The van der Waals surface area contributed by atoms with Crippen molar-refractivity contribution in [3.63, 3.8) is 0 Å². The Labute approximate surface area is 153 Å². The van der Waals surface area contributed by atoms with Crippen LogP contribution < -0.4 is 15.2 Å². The number of aryl methyl sites for hydroxylation is 2. The number of anilines is 2. The molecule has 0 unspecified atom stereocenters. The van der Waals surface area contributed by atoms with Crippen LogP contribution in [-0.2, 0) is 10.0 Å². The third-order valence-electron chi connectivity index (χ3n) is 3.38. The van der Waals surface area contributed by atoms with E-state index in [4.69, 9.17) is 9.88 Å². The van der Waals surface area contributed by atoms with Crippen LogP contribution in [0, 0.1) is 13.8 Å². The van der Waals surface area contributed by atoms with Crippen molar-refractivity contribution in [2.24, 2.45) is 5.14 Å². The van der Waals surface area contributed by atoms with E-state index in [1.807, 2.05) is 19.2 Å². The Morgan fingerprint density at radius 1 is 1.24 bits per heavy atom. The predicted octanol–water partition coefficient (Wildman–Crippen LogP) is 3.28. The van der Waals surface area contributed by atoms with Crippen LogP contribution in [0.2, 0.25) is 0 Å². The molecule has 0 aliphatic heterocycles. The van der Waals surface area contributed by atoms with Crippen LogP contribution in [0.5, 0.6) is 5.75 Å². The topological polar surface area (TPSA) is 107 Å². The number of nitrogens with two attached hydrogens (primary N) is 1. The summed E-state index contributed by atoms with van der Waals surface area (Å²) in [5.74, 6) is 0.494. The quantitative estimate of drug-likeness (QED) is 0.685. The average molecular weight is 397 g/mol. The van der Waals surface area contributed by atoms with Crippen molar-refractivity contribution < 1.29 is 13.2 Å². The minimum absolute atomic E-state index is 0.00139. The average Bonchev–Trinajstić information content (AvgIpc) is 3.12. The number of aromatic nitrogens is 2. The van der Waals surface area contributed by atoms with Crippen molar-refractivity contribution in [3.8, 4) is 16.3 Å². The molecule has 0 spiro atoms. The van der Waals surface area contributed by atoms with Crippen molar-refractivity contribution in [3.05, 3.63) is 34.3 Å². The minimum atomic E-state index is -3.80. The highest BCUT2D eigenvalue weighted by Crippen LogP contribution is 2.35. The molecule has 0 atom stereocenters. The van der Waals surface area contributed by atoms with Gasteiger partial charge in [-0.2, -0.15) is 0 Å². The van der Waals surface area contributed by atoms with Crippen LogP contribution in [0.15, 0.2) is 28.5 Å². The lowest BCUT2D eigenvalue weighted by atomic mass is 10.3. The summed E-state index contributed by atoms with van der Waals surface area (Å²) < 4.78 is 28.4. The fraction of sp³-hybridized carbons (Fsp3) is 0.200. The van der Waals surface area contributed by atoms with Crippen LogP contribution in [0.4, 0.5) is 10.8 Å². The number of methoxy groups -OCH3 is 1. The molecule has 0 aliphatic rings. The second-order valence-electron chi connectivity index (χ2n) is 5.22. The summed E-state index contributed by atoms with van der Waals surface area (Å²) in [6, 6.07) is 4.38. The Bertz CT molecular complexity index is 1020. The van der Waals surface area contributed by atoms with Crippen molar-refractivity contribution in [1.29, 1.82) is 0 Å². The lowest BCUT2D eigenvalue weighted by Gasteiger charge is -2.10. The summed E-state index contributed by atoms with van der Waals surface area (Å²) in [5, 5.41) is 11.8. The van der Waals surface area contributed by atoms with Crippen LogP contribution in [0.3, 0.4) is 0 Å². The molecule has 0 bridgehead atoms. The standard InChI is InChI=1S/C15H16N4O3S3/c1-8-14(24-9(2)17-8)12-7-23-15(19-12)18-11-6-10(25(16,20)21)4-5-13(11)22-3/h4-7H,1-3H3,(H,18,19)(H2,16,20,21). The van der Waals surface area contributed by atoms with E-state index in [0.717, 1.165) is 21.3 Å². The van der Waals surface area contributed by atoms with Gasteiger partial charge in [0.1, 0.15) is 5.75 Å². The van der Waals surface area contributed by atoms with E-state index in [1.165, 1.54) is 30.6 Å². The fourth-order valence-electron chi connectivity index (χ4n) is 2.28. The first kappa shape index (κ1) is 17.8. The van der Waals surface area contributed by atoms with E-state index in [0.29, 0.717) is 16.6 Å². The molecular weight excluding hydrogens is 380 g/mol. The molecule has 3 aromatic rings. The van der Waals surface area contributed by atoms with Gasteiger partial charge in [-0.15, -0.1) is 22.7 Å². The maximum Gasteiger partial charge on any atom is 0.238 e. The highest BCUT2D eigenvalue weighted by molar-refractivity contribution is 7.89. The van der Waals surface area contributed by atoms with Gasteiger partial charge >= 0.3 is 0 Å². The van der Waals surface area contributed by atoms with Crippen LogP contribution in [0.25, 0.3) is 10.6 Å². The van der Waals surface area contributed by atoms with E-state index in [1.54, 1.807) is 17.4 Å². The summed E-state index contributed by atoms with van der Waals surface area (Å²) in [6.07, 6.45) is 0. The Hall–Kier alpha value is -2.01. The van der Waals surface area contributed by atoms with Gasteiger partial charge in [0.2, 0.25) is 10.0 Å². The Balaban J connectivity index is 1.94. The molecule has 0 fully saturated rings. The van der Waals surface area contributed by atoms with Crippen molar-refractivity contribution >= 4 is 43.5 Å². The first-order chi connectivity index (χ1) is 11.8. The number of hydrogen-bond donors (Lipinski definition) is 2. The molecule has 132 valence electrons. The highest BCUT2D eigenvalue weighted by atomic mass is 32.2. The molecule has 0 radical (unpaired) electrons. The van der Waals surface area contributed by atoms with Gasteiger partial charge in [-0.1, -0.05) is 0 Å². The number of rotatable bonds is 5. The SMILES string of the molecule is COc1ccc(S(N)(=O)=O)cc1Nc1nc(-c2sc(C)nc2C)cs1. The number of ether oxygens (including phenoxy) is 1. The van der Waals surface area contributed by atoms with Gasteiger partial charge in [0.15, 0.2) is 5.13 Å². The van der Waals surface area contributed by atoms with Gasteiger partial charge in [0.05, 0.1) is 39.0 Å². The van der Waals surface area contributed by atoms with Crippen molar-refractivity contribution in [2.45, 2.75) is 18.7 Å². The van der Waals surface area contributed by atoms with E-state index < -0.39 is 10.0 Å². The molecular formula is C15H16N4O3S3. The van der Waals surface area contributed by atoms with E-state index in [-0.39, 0.29) is 4.90 Å². The lowest BCUT2D eigenvalue weighted by Crippen LogP contribution is -2.12. The molecule has 7 nitrogen and oxygen atoms in total. The normalized spacial score (nSPS) is 11.5. The smallest absolute Gasteiger partial charge is 0.238 e. The van der Waals surface area contributed by atoms with Crippen LogP contribution in [-0.4, -0.2) is 25.5 Å². The lowest BCUT2D eigenvalue weighted by molar-refractivity contribution is 0.416. The predicted molar refractivity (Wildman–Crippen MR) is 100 cm³/mol. The number of hydrogen-bond acceptors (Lipinski definition) is 8. The number of thiazole rings is 2. The van der Waals surface area contributed by atoms with Crippen LogP contribution in [0.1, 0.15) is 10.7 Å². The second-order valence-corrected chi connectivity index (χ2v) is 8.84. The molecule has 0 saturated heterocycles. The summed E-state index contributed by atoms with van der Waals surface area (Å²) in [4.78, 5) is 9.99. The zero-order valence-electron chi connectivity index (χ0n) is 13.7. The summed E-state index contributed by atoms with van der Waals surface area (Å²) in [6.45, 7) is 3.90. The number of nitrogens with zero attached hydrogens (tertiary/aromatic N) is 2. The Morgan fingerprint density at radius 3 is 2.60 bits per heavy atom. The molecule has 3 N–H and O–H groups in total. The zero-order chi connectivity index (χ0) is 18.2.